The number of carboxylic acid groups (broad SMARTS) is 1. The van der Waals surface area contributed by atoms with E-state index in [1.165, 1.54) is 15.8 Å². The minimum absolute atomic E-state index is 0.0112. The molecule has 1 aliphatic carbocycles. The van der Waals surface area contributed by atoms with Gasteiger partial charge in [-0.3, -0.25) is 4.79 Å². The first-order chi connectivity index (χ1) is 9.16. The van der Waals surface area contributed by atoms with Crippen LogP contribution in [0.2, 0.25) is 0 Å². The second kappa shape index (κ2) is 4.84. The van der Waals surface area contributed by atoms with Gasteiger partial charge >= 0.3 is 5.97 Å². The third-order valence-corrected chi connectivity index (χ3v) is 4.86. The summed E-state index contributed by atoms with van der Waals surface area (Å²) in [6, 6.07) is -0.716. The van der Waals surface area contributed by atoms with Gasteiger partial charge < -0.3 is 10.0 Å². The lowest BCUT2D eigenvalue weighted by atomic mass is 10.2. The van der Waals surface area contributed by atoms with Gasteiger partial charge in [-0.1, -0.05) is 5.21 Å². The highest BCUT2D eigenvalue weighted by atomic mass is 32.2. The van der Waals surface area contributed by atoms with Crippen molar-refractivity contribution in [1.82, 2.24) is 19.9 Å². The van der Waals surface area contributed by atoms with Crippen molar-refractivity contribution in [2.24, 2.45) is 5.92 Å². The molecule has 0 radical (unpaired) electrons. The molecule has 2 aliphatic rings. The van der Waals surface area contributed by atoms with Crippen LogP contribution in [0.5, 0.6) is 0 Å². The molecule has 1 N–H and O–H groups in total. The summed E-state index contributed by atoms with van der Waals surface area (Å²) in [6.07, 6.45) is 5.26. The Labute approximate surface area is 113 Å². The van der Waals surface area contributed by atoms with E-state index in [2.05, 4.69) is 10.3 Å². The summed E-state index contributed by atoms with van der Waals surface area (Å²) in [6.45, 7) is 0.0492. The molecule has 0 aromatic carbocycles. The quantitative estimate of drug-likeness (QED) is 0.839. The first-order valence-corrected chi connectivity index (χ1v) is 7.21. The molecule has 1 saturated carbocycles. The maximum atomic E-state index is 12.3. The Hall–Kier alpha value is -1.57. The van der Waals surface area contributed by atoms with Crippen LogP contribution in [0.15, 0.2) is 12.4 Å². The predicted molar refractivity (Wildman–Crippen MR) is 67.3 cm³/mol. The van der Waals surface area contributed by atoms with Gasteiger partial charge in [-0.05, 0) is 18.8 Å². The minimum Gasteiger partial charge on any atom is -0.480 e. The van der Waals surface area contributed by atoms with Crippen molar-refractivity contribution in [3.05, 3.63) is 12.4 Å². The minimum atomic E-state index is -0.928. The first-order valence-electron chi connectivity index (χ1n) is 6.16. The van der Waals surface area contributed by atoms with Crippen molar-refractivity contribution in [2.45, 2.75) is 30.8 Å². The summed E-state index contributed by atoms with van der Waals surface area (Å²) < 4.78 is 1.42. The molecule has 0 spiro atoms. The van der Waals surface area contributed by atoms with Crippen molar-refractivity contribution < 1.29 is 14.7 Å². The van der Waals surface area contributed by atoms with Crippen LogP contribution in [-0.2, 0) is 16.1 Å². The zero-order valence-corrected chi connectivity index (χ0v) is 11.0. The Morgan fingerprint density at radius 3 is 2.79 bits per heavy atom. The van der Waals surface area contributed by atoms with Gasteiger partial charge in [-0.2, -0.15) is 0 Å². The molecule has 7 nitrogen and oxygen atoms in total. The van der Waals surface area contributed by atoms with Crippen molar-refractivity contribution in [3.63, 3.8) is 0 Å². The molecule has 102 valence electrons. The van der Waals surface area contributed by atoms with Gasteiger partial charge in [0.15, 0.2) is 0 Å². The summed E-state index contributed by atoms with van der Waals surface area (Å²) >= 11 is 1.58. The van der Waals surface area contributed by atoms with Crippen molar-refractivity contribution in [1.29, 1.82) is 0 Å². The average Bonchev–Trinajstić information content (AvgIpc) is 2.91. The summed E-state index contributed by atoms with van der Waals surface area (Å²) in [4.78, 5) is 25.1. The van der Waals surface area contributed by atoms with Gasteiger partial charge in [0, 0.05) is 11.9 Å². The third-order valence-electron chi connectivity index (χ3n) is 3.40. The maximum Gasteiger partial charge on any atom is 0.327 e. The van der Waals surface area contributed by atoms with Gasteiger partial charge in [0.25, 0.3) is 0 Å². The van der Waals surface area contributed by atoms with Crippen LogP contribution >= 0.6 is 11.8 Å². The molecule has 8 heteroatoms. The number of nitrogens with zero attached hydrogens (tertiary/aromatic N) is 4. The normalized spacial score (nSPS) is 26.6. The number of carbonyl (C=O) groups excluding carboxylic acids is 1. The molecule has 1 amide bonds. The smallest absolute Gasteiger partial charge is 0.327 e. The van der Waals surface area contributed by atoms with E-state index >= 15 is 0 Å². The number of rotatable bonds is 4. The van der Waals surface area contributed by atoms with Gasteiger partial charge in [-0.15, -0.1) is 16.9 Å². The highest BCUT2D eigenvalue weighted by molar-refractivity contribution is 8.00. The third kappa shape index (κ3) is 2.44. The molecule has 3 rings (SSSR count). The summed E-state index contributed by atoms with van der Waals surface area (Å²) in [5.41, 5.74) is 0. The monoisotopic (exact) mass is 282 g/mol. The number of aromatic nitrogens is 3. The van der Waals surface area contributed by atoms with Gasteiger partial charge in [0.1, 0.15) is 12.6 Å². The van der Waals surface area contributed by atoms with Crippen molar-refractivity contribution in [3.8, 4) is 0 Å². The second-order valence-corrected chi connectivity index (χ2v) is 5.97. The van der Waals surface area contributed by atoms with E-state index < -0.39 is 12.0 Å². The topological polar surface area (TPSA) is 88.3 Å². The number of carboxylic acids is 1. The zero-order valence-electron chi connectivity index (χ0n) is 10.2. The summed E-state index contributed by atoms with van der Waals surface area (Å²) in [7, 11) is 0. The lowest BCUT2D eigenvalue weighted by Gasteiger charge is -2.27. The van der Waals surface area contributed by atoms with Crippen LogP contribution in [0.3, 0.4) is 0 Å². The molecule has 0 bridgehead atoms. The van der Waals surface area contributed by atoms with Crippen molar-refractivity contribution in [2.75, 3.05) is 5.75 Å². The van der Waals surface area contributed by atoms with Crippen LogP contribution in [0, 0.1) is 5.92 Å². The molecular weight excluding hydrogens is 268 g/mol. The number of carbonyl (C=O) groups is 2. The predicted octanol–water partition coefficient (Wildman–Crippen LogP) is 0.0428. The molecule has 1 aromatic heterocycles. The van der Waals surface area contributed by atoms with E-state index in [1.54, 1.807) is 18.0 Å². The van der Waals surface area contributed by atoms with E-state index in [1.807, 2.05) is 0 Å². The Morgan fingerprint density at radius 2 is 2.21 bits per heavy atom. The molecule has 19 heavy (non-hydrogen) atoms. The molecular formula is C11H14N4O3S. The highest BCUT2D eigenvalue weighted by Gasteiger charge is 2.47. The SMILES string of the molecule is O=C(O)C1CSC(C2CC2)N1C(=O)Cn1ccnn1. The van der Waals surface area contributed by atoms with E-state index in [4.69, 9.17) is 0 Å². The largest absolute Gasteiger partial charge is 0.480 e. The maximum absolute atomic E-state index is 12.3. The second-order valence-electron chi connectivity index (χ2n) is 4.82. The zero-order chi connectivity index (χ0) is 13.4. The van der Waals surface area contributed by atoms with Crippen LogP contribution in [0.1, 0.15) is 12.8 Å². The van der Waals surface area contributed by atoms with Crippen LogP contribution < -0.4 is 0 Å². The van der Waals surface area contributed by atoms with Crippen LogP contribution in [-0.4, -0.2) is 54.0 Å². The van der Waals surface area contributed by atoms with Gasteiger partial charge in [0.05, 0.1) is 11.6 Å². The number of amides is 1. The standard InChI is InChI=1S/C11H14N4O3S/c16-9(5-14-4-3-12-13-14)15-8(11(17)18)6-19-10(15)7-1-2-7/h3-4,7-8,10H,1-2,5-6H2,(H,17,18). The van der Waals surface area contributed by atoms with Gasteiger partial charge in [0.2, 0.25) is 5.91 Å². The molecule has 2 heterocycles. The number of hydrogen-bond acceptors (Lipinski definition) is 5. The fourth-order valence-electron chi connectivity index (χ4n) is 2.32. The first kappa shape index (κ1) is 12.5. The Bertz CT molecular complexity index is 488. The van der Waals surface area contributed by atoms with E-state index in [9.17, 15) is 14.7 Å². The van der Waals surface area contributed by atoms with Crippen LogP contribution in [0.25, 0.3) is 0 Å². The summed E-state index contributed by atoms with van der Waals surface area (Å²) in [5.74, 6) is -0.198. The number of thioether (sulfide) groups is 1. The van der Waals surface area contributed by atoms with E-state index in [-0.39, 0.29) is 17.8 Å². The Balaban J connectivity index is 1.76. The molecule has 2 unspecified atom stereocenters. The lowest BCUT2D eigenvalue weighted by molar-refractivity contribution is -0.149. The number of aliphatic carboxylic acids is 1. The van der Waals surface area contributed by atoms with E-state index in [0.717, 1.165) is 12.8 Å². The van der Waals surface area contributed by atoms with Crippen molar-refractivity contribution >= 4 is 23.6 Å². The number of hydrogen-bond donors (Lipinski definition) is 1. The molecule has 1 aromatic rings. The van der Waals surface area contributed by atoms with Gasteiger partial charge in [-0.25, -0.2) is 9.48 Å². The lowest BCUT2D eigenvalue weighted by Crippen LogP contribution is -2.47. The molecule has 1 aliphatic heterocycles. The highest BCUT2D eigenvalue weighted by Crippen LogP contribution is 2.45. The van der Waals surface area contributed by atoms with E-state index in [0.29, 0.717) is 11.7 Å². The fraction of sp³-hybridized carbons (Fsp3) is 0.636. The fourth-order valence-corrected chi connectivity index (χ4v) is 3.97. The molecule has 2 fully saturated rings. The molecule has 1 saturated heterocycles. The Morgan fingerprint density at radius 1 is 1.42 bits per heavy atom. The summed E-state index contributed by atoms with van der Waals surface area (Å²) in [5, 5.41) is 16.6. The Kier molecular flexibility index (Phi) is 3.17. The average molecular weight is 282 g/mol. The van der Waals surface area contributed by atoms with Crippen LogP contribution in [0.4, 0.5) is 0 Å². The molecule has 2 atom stereocenters.